The number of ether oxygens (including phenoxy) is 1. The average molecular weight is 200 g/mol. The Hall–Kier alpha value is -0.610. The van der Waals surface area contributed by atoms with E-state index in [0.29, 0.717) is 38.8 Å². The zero-order valence-corrected chi connectivity index (χ0v) is 8.87. The molecule has 1 saturated carbocycles. The fourth-order valence-corrected chi connectivity index (χ4v) is 1.48. The van der Waals surface area contributed by atoms with Crippen molar-refractivity contribution in [3.8, 4) is 0 Å². The summed E-state index contributed by atoms with van der Waals surface area (Å²) in [6, 6.07) is 0.465. The number of carbonyl (C=O) groups is 1. The fourth-order valence-electron chi connectivity index (χ4n) is 1.48. The molecule has 14 heavy (non-hydrogen) atoms. The maximum Gasteiger partial charge on any atom is 0.225 e. The minimum atomic E-state index is 0.186. The van der Waals surface area contributed by atoms with Crippen LogP contribution in [0.3, 0.4) is 0 Å². The van der Waals surface area contributed by atoms with E-state index in [4.69, 9.17) is 10.5 Å². The number of amides is 1. The lowest BCUT2D eigenvalue weighted by Crippen LogP contribution is -2.37. The van der Waals surface area contributed by atoms with Gasteiger partial charge in [0.2, 0.25) is 5.91 Å². The molecule has 1 amide bonds. The molecule has 0 radical (unpaired) electrons. The van der Waals surface area contributed by atoms with Crippen molar-refractivity contribution in [3.63, 3.8) is 0 Å². The first-order chi connectivity index (χ1) is 6.79. The summed E-state index contributed by atoms with van der Waals surface area (Å²) < 4.78 is 5.15. The van der Waals surface area contributed by atoms with Gasteiger partial charge in [-0.15, -0.1) is 0 Å². The van der Waals surface area contributed by atoms with E-state index in [0.717, 1.165) is 12.8 Å². The molecule has 82 valence electrons. The third kappa shape index (κ3) is 3.64. The average Bonchev–Trinajstić information content (AvgIpc) is 2.98. The van der Waals surface area contributed by atoms with E-state index < -0.39 is 0 Å². The Morgan fingerprint density at radius 3 is 2.79 bits per heavy atom. The zero-order valence-electron chi connectivity index (χ0n) is 8.87. The summed E-state index contributed by atoms with van der Waals surface area (Å²) in [5, 5.41) is 0. The number of hydrogen-bond donors (Lipinski definition) is 1. The molecule has 4 nitrogen and oxygen atoms in total. The molecule has 0 unspecified atom stereocenters. The van der Waals surface area contributed by atoms with Crippen LogP contribution < -0.4 is 5.73 Å². The molecule has 0 aromatic rings. The van der Waals surface area contributed by atoms with Crippen molar-refractivity contribution >= 4 is 5.91 Å². The first kappa shape index (κ1) is 11.5. The second-order valence-electron chi connectivity index (χ2n) is 3.55. The molecule has 0 aromatic carbocycles. The van der Waals surface area contributed by atoms with E-state index in [1.54, 1.807) is 0 Å². The van der Waals surface area contributed by atoms with E-state index in [2.05, 4.69) is 0 Å². The summed E-state index contributed by atoms with van der Waals surface area (Å²) in [7, 11) is 0. The first-order valence-electron chi connectivity index (χ1n) is 5.36. The van der Waals surface area contributed by atoms with Gasteiger partial charge in [0.15, 0.2) is 0 Å². The van der Waals surface area contributed by atoms with Gasteiger partial charge >= 0.3 is 0 Å². The topological polar surface area (TPSA) is 55.6 Å². The highest BCUT2D eigenvalue weighted by Crippen LogP contribution is 2.26. The number of hydrogen-bond acceptors (Lipinski definition) is 3. The van der Waals surface area contributed by atoms with Gasteiger partial charge in [-0.1, -0.05) is 0 Å². The van der Waals surface area contributed by atoms with Crippen molar-refractivity contribution in [1.82, 2.24) is 4.90 Å². The number of carbonyl (C=O) groups excluding carboxylic acids is 1. The molecule has 0 aromatic heterocycles. The van der Waals surface area contributed by atoms with Crippen LogP contribution in [0, 0.1) is 0 Å². The van der Waals surface area contributed by atoms with E-state index >= 15 is 0 Å². The number of nitrogens with two attached hydrogens (primary N) is 1. The molecule has 0 bridgehead atoms. The monoisotopic (exact) mass is 200 g/mol. The van der Waals surface area contributed by atoms with Gasteiger partial charge in [-0.2, -0.15) is 0 Å². The molecule has 2 N–H and O–H groups in total. The second-order valence-corrected chi connectivity index (χ2v) is 3.55. The zero-order chi connectivity index (χ0) is 10.4. The SMILES string of the molecule is CCOCCC(=O)N(CCN)C1CC1. The van der Waals surface area contributed by atoms with Gasteiger partial charge in [-0.05, 0) is 19.8 Å². The highest BCUT2D eigenvalue weighted by molar-refractivity contribution is 5.77. The molecule has 4 heteroatoms. The molecule has 1 aliphatic rings. The molecule has 0 saturated heterocycles. The van der Waals surface area contributed by atoms with Crippen LogP contribution in [0.2, 0.25) is 0 Å². The highest BCUT2D eigenvalue weighted by atomic mass is 16.5. The maximum absolute atomic E-state index is 11.7. The van der Waals surface area contributed by atoms with Crippen molar-refractivity contribution in [1.29, 1.82) is 0 Å². The van der Waals surface area contributed by atoms with Crippen molar-refractivity contribution in [2.24, 2.45) is 5.73 Å². The largest absolute Gasteiger partial charge is 0.381 e. The van der Waals surface area contributed by atoms with Crippen molar-refractivity contribution < 1.29 is 9.53 Å². The van der Waals surface area contributed by atoms with Gasteiger partial charge in [0.05, 0.1) is 13.0 Å². The van der Waals surface area contributed by atoms with Crippen molar-refractivity contribution in [3.05, 3.63) is 0 Å². The van der Waals surface area contributed by atoms with E-state index in [1.807, 2.05) is 11.8 Å². The van der Waals surface area contributed by atoms with Gasteiger partial charge in [-0.3, -0.25) is 4.79 Å². The molecule has 0 aliphatic heterocycles. The molecule has 0 spiro atoms. The molecular formula is C10H20N2O2. The lowest BCUT2D eigenvalue weighted by Gasteiger charge is -2.21. The van der Waals surface area contributed by atoms with Crippen LogP contribution in [0.1, 0.15) is 26.2 Å². The van der Waals surface area contributed by atoms with Crippen LogP contribution >= 0.6 is 0 Å². The predicted octanol–water partition coefficient (Wildman–Crippen LogP) is 0.363. The highest BCUT2D eigenvalue weighted by Gasteiger charge is 2.31. The van der Waals surface area contributed by atoms with Crippen molar-refractivity contribution in [2.75, 3.05) is 26.3 Å². The third-order valence-corrected chi connectivity index (χ3v) is 2.34. The number of rotatable bonds is 7. The van der Waals surface area contributed by atoms with E-state index in [1.165, 1.54) is 0 Å². The Kier molecular flexibility index (Phi) is 4.90. The summed E-state index contributed by atoms with van der Waals surface area (Å²) in [6.45, 7) is 4.38. The first-order valence-corrected chi connectivity index (χ1v) is 5.36. The lowest BCUT2D eigenvalue weighted by molar-refractivity contribution is -0.132. The molecular weight excluding hydrogens is 180 g/mol. The maximum atomic E-state index is 11.7. The second kappa shape index (κ2) is 5.98. The molecule has 1 rings (SSSR count). The van der Waals surface area contributed by atoms with E-state index in [-0.39, 0.29) is 5.91 Å². The predicted molar refractivity (Wildman–Crippen MR) is 54.9 cm³/mol. The Morgan fingerprint density at radius 2 is 2.29 bits per heavy atom. The standard InChI is InChI=1S/C10H20N2O2/c1-2-14-8-5-10(13)12(7-6-11)9-3-4-9/h9H,2-8,11H2,1H3. The Balaban J connectivity index is 2.23. The summed E-state index contributed by atoms with van der Waals surface area (Å²) in [5.74, 6) is 0.186. The van der Waals surface area contributed by atoms with Gasteiger partial charge in [-0.25, -0.2) is 0 Å². The Morgan fingerprint density at radius 1 is 1.57 bits per heavy atom. The molecule has 0 atom stereocenters. The minimum Gasteiger partial charge on any atom is -0.381 e. The van der Waals surface area contributed by atoms with Gasteiger partial charge in [0.1, 0.15) is 0 Å². The van der Waals surface area contributed by atoms with Crippen LogP contribution in [0.25, 0.3) is 0 Å². The third-order valence-electron chi connectivity index (χ3n) is 2.34. The summed E-state index contributed by atoms with van der Waals surface area (Å²) >= 11 is 0. The van der Waals surface area contributed by atoms with E-state index in [9.17, 15) is 4.79 Å². The Bertz CT molecular complexity index is 181. The summed E-state index contributed by atoms with van der Waals surface area (Å²) in [6.07, 6.45) is 2.77. The molecule has 0 heterocycles. The van der Waals surface area contributed by atoms with Gasteiger partial charge in [0.25, 0.3) is 0 Å². The van der Waals surface area contributed by atoms with Crippen LogP contribution in [0.15, 0.2) is 0 Å². The lowest BCUT2D eigenvalue weighted by atomic mass is 10.3. The summed E-state index contributed by atoms with van der Waals surface area (Å²) in [4.78, 5) is 13.6. The van der Waals surface area contributed by atoms with Crippen LogP contribution in [0.4, 0.5) is 0 Å². The van der Waals surface area contributed by atoms with Crippen LogP contribution in [-0.2, 0) is 9.53 Å². The molecule has 1 fully saturated rings. The number of nitrogens with zero attached hydrogens (tertiary/aromatic N) is 1. The minimum absolute atomic E-state index is 0.186. The quantitative estimate of drug-likeness (QED) is 0.604. The van der Waals surface area contributed by atoms with Gasteiger partial charge in [0, 0.05) is 25.7 Å². The van der Waals surface area contributed by atoms with Gasteiger partial charge < -0.3 is 15.4 Å². The van der Waals surface area contributed by atoms with Crippen LogP contribution in [0.5, 0.6) is 0 Å². The van der Waals surface area contributed by atoms with Crippen LogP contribution in [-0.4, -0.2) is 43.2 Å². The normalized spacial score (nSPS) is 15.6. The van der Waals surface area contributed by atoms with Crippen molar-refractivity contribution in [2.45, 2.75) is 32.2 Å². The summed E-state index contributed by atoms with van der Waals surface area (Å²) in [5.41, 5.74) is 5.46. The smallest absolute Gasteiger partial charge is 0.225 e. The molecule has 1 aliphatic carbocycles. The fraction of sp³-hybridized carbons (Fsp3) is 0.900. The Labute approximate surface area is 85.4 Å².